The van der Waals surface area contributed by atoms with Gasteiger partial charge in [0.25, 0.3) is 0 Å². The number of hydrogen-bond acceptors (Lipinski definition) is 6. The van der Waals surface area contributed by atoms with Crippen molar-refractivity contribution in [1.82, 2.24) is 10.3 Å². The third-order valence-corrected chi connectivity index (χ3v) is 5.40. The first kappa shape index (κ1) is 28.2. The maximum atomic E-state index is 12.0. The average Bonchev–Trinajstić information content (AvgIpc) is 3.29. The van der Waals surface area contributed by atoms with E-state index < -0.39 is 18.1 Å². The number of carbonyl (C=O) groups is 3. The Bertz CT molecular complexity index is 1130. The molecule has 0 fully saturated rings. The highest BCUT2D eigenvalue weighted by atomic mass is 16.2. The molecule has 192 valence electrons. The van der Waals surface area contributed by atoms with Crippen LogP contribution >= 0.6 is 0 Å². The molecule has 10 nitrogen and oxygen atoms in total. The van der Waals surface area contributed by atoms with Crippen molar-refractivity contribution >= 4 is 35.3 Å². The molecule has 1 aromatic heterocycles. The number of nitrogens with two attached hydrogens (primary N) is 4. The second-order valence-electron chi connectivity index (χ2n) is 8.36. The monoisotopic (exact) mass is 493 g/mol. The molecule has 0 bridgehead atoms. The van der Waals surface area contributed by atoms with E-state index in [0.717, 1.165) is 28.3 Å². The molecule has 36 heavy (non-hydrogen) atoms. The topological polar surface area (TPSA) is 195 Å². The van der Waals surface area contributed by atoms with Crippen molar-refractivity contribution in [1.29, 1.82) is 0 Å². The van der Waals surface area contributed by atoms with Crippen LogP contribution in [0.4, 0.5) is 0 Å². The maximum absolute atomic E-state index is 12.0. The summed E-state index contributed by atoms with van der Waals surface area (Å²) < 4.78 is 0. The minimum atomic E-state index is -0.692. The van der Waals surface area contributed by atoms with Crippen molar-refractivity contribution in [3.63, 3.8) is 0 Å². The van der Waals surface area contributed by atoms with E-state index in [9.17, 15) is 14.4 Å². The summed E-state index contributed by atoms with van der Waals surface area (Å²) in [6.45, 7) is 0.415. The van der Waals surface area contributed by atoms with E-state index in [2.05, 4.69) is 15.3 Å². The number of guanidine groups is 1. The summed E-state index contributed by atoms with van der Waals surface area (Å²) in [7, 11) is 0. The molecule has 3 unspecified atom stereocenters. The third-order valence-electron chi connectivity index (χ3n) is 5.40. The number of fused-ring (bicyclic) bond motifs is 1. The van der Waals surface area contributed by atoms with Crippen LogP contribution in [0.2, 0.25) is 0 Å². The van der Waals surface area contributed by atoms with Crippen molar-refractivity contribution in [2.75, 3.05) is 6.54 Å². The van der Waals surface area contributed by atoms with Crippen molar-refractivity contribution in [3.8, 4) is 0 Å². The zero-order valence-corrected chi connectivity index (χ0v) is 20.2. The summed E-state index contributed by atoms with van der Waals surface area (Å²) in [6, 6.07) is 15.8. The molecule has 1 amide bonds. The molecule has 0 saturated carbocycles. The smallest absolute Gasteiger partial charge is 0.237 e. The van der Waals surface area contributed by atoms with Gasteiger partial charge in [-0.1, -0.05) is 48.5 Å². The number of nitrogens with one attached hydrogen (secondary N) is 2. The number of amides is 1. The molecule has 0 spiro atoms. The number of para-hydroxylation sites is 1. The molecular weight excluding hydrogens is 458 g/mol. The fourth-order valence-corrected chi connectivity index (χ4v) is 3.55. The number of carbonyl (C=O) groups excluding carboxylic acids is 3. The Morgan fingerprint density at radius 2 is 1.67 bits per heavy atom. The average molecular weight is 494 g/mol. The summed E-state index contributed by atoms with van der Waals surface area (Å²) in [5.41, 5.74) is 25.0. The normalized spacial score (nSPS) is 12.9. The molecule has 3 aromatic rings. The van der Waals surface area contributed by atoms with Crippen molar-refractivity contribution < 1.29 is 14.4 Å². The molecule has 3 rings (SSSR count). The van der Waals surface area contributed by atoms with E-state index in [-0.39, 0.29) is 11.9 Å². The molecule has 3 atom stereocenters. The lowest BCUT2D eigenvalue weighted by molar-refractivity contribution is -0.125. The number of rotatable bonds is 12. The zero-order chi connectivity index (χ0) is 26.3. The van der Waals surface area contributed by atoms with Crippen LogP contribution in [0, 0.1) is 0 Å². The molecule has 0 radical (unpaired) electrons. The van der Waals surface area contributed by atoms with E-state index in [1.165, 1.54) is 0 Å². The van der Waals surface area contributed by atoms with Gasteiger partial charge in [-0.3, -0.25) is 9.79 Å². The van der Waals surface area contributed by atoms with Crippen LogP contribution in [0.25, 0.3) is 10.9 Å². The number of nitrogens with zero attached hydrogens (tertiary/aromatic N) is 1. The first-order chi connectivity index (χ1) is 17.3. The van der Waals surface area contributed by atoms with Crippen molar-refractivity contribution in [2.24, 2.45) is 27.9 Å². The van der Waals surface area contributed by atoms with Gasteiger partial charge in [-0.25, -0.2) is 0 Å². The summed E-state index contributed by atoms with van der Waals surface area (Å²) >= 11 is 0. The van der Waals surface area contributed by atoms with Crippen LogP contribution in [0.1, 0.15) is 24.0 Å². The highest BCUT2D eigenvalue weighted by Crippen LogP contribution is 2.18. The SMILES string of the molecule is NC(C=O)Cc1c[nH]c2ccccc12.NC(N)=NCCCC(C=O)NC(=O)C(N)Cc1ccccc1. The van der Waals surface area contributed by atoms with Crippen LogP contribution in [-0.2, 0) is 27.2 Å². The largest absolute Gasteiger partial charge is 0.370 e. The van der Waals surface area contributed by atoms with E-state index in [0.29, 0.717) is 38.5 Å². The van der Waals surface area contributed by atoms with Gasteiger partial charge in [-0.05, 0) is 42.9 Å². The molecule has 1 heterocycles. The highest BCUT2D eigenvalue weighted by molar-refractivity contribution is 5.84. The number of aromatic nitrogens is 1. The quantitative estimate of drug-likeness (QED) is 0.0915. The first-order valence-electron chi connectivity index (χ1n) is 11.7. The van der Waals surface area contributed by atoms with Gasteiger partial charge < -0.3 is 42.8 Å². The van der Waals surface area contributed by atoms with Crippen LogP contribution in [0.15, 0.2) is 65.8 Å². The minimum Gasteiger partial charge on any atom is -0.370 e. The summed E-state index contributed by atoms with van der Waals surface area (Å²) in [6.07, 6.45) is 5.46. The van der Waals surface area contributed by atoms with Gasteiger partial charge in [0, 0.05) is 23.6 Å². The number of H-pyrrole nitrogens is 1. The van der Waals surface area contributed by atoms with E-state index >= 15 is 0 Å². The molecule has 0 aliphatic carbocycles. The Labute approximate surface area is 210 Å². The third kappa shape index (κ3) is 9.69. The summed E-state index contributed by atoms with van der Waals surface area (Å²) in [5.74, 6) is -0.334. The van der Waals surface area contributed by atoms with Gasteiger partial charge in [0.2, 0.25) is 5.91 Å². The molecular formula is C26H35N7O3. The Morgan fingerprint density at radius 1 is 0.972 bits per heavy atom. The Hall–Kier alpha value is -4.02. The first-order valence-corrected chi connectivity index (χ1v) is 11.7. The molecule has 10 N–H and O–H groups in total. The standard InChI is InChI=1S/C15H23N5O2.C11H12N2O/c16-13(9-11-5-2-1-3-6-11)14(22)20-12(10-21)7-4-8-19-15(17)18;12-9(7-14)5-8-6-13-11-4-2-1-3-10(8)11/h1-3,5-6,10,12-13H,4,7-9,16H2,(H,20,22)(H4,17,18,19);1-4,6-7,9,13H,5,12H2. The molecule has 2 aromatic carbocycles. The molecule has 0 saturated heterocycles. The number of benzene rings is 2. The van der Waals surface area contributed by atoms with Crippen LogP contribution in [-0.4, -0.2) is 54.1 Å². The molecule has 10 heteroatoms. The second-order valence-corrected chi connectivity index (χ2v) is 8.36. The Balaban J connectivity index is 0.000000278. The van der Waals surface area contributed by atoms with E-state index in [4.69, 9.17) is 22.9 Å². The van der Waals surface area contributed by atoms with Gasteiger partial charge in [-0.15, -0.1) is 0 Å². The lowest BCUT2D eigenvalue weighted by Gasteiger charge is -2.16. The van der Waals surface area contributed by atoms with E-state index in [1.54, 1.807) is 0 Å². The fraction of sp³-hybridized carbons (Fsp3) is 0.308. The second kappa shape index (κ2) is 15.1. The molecule has 0 aliphatic heterocycles. The van der Waals surface area contributed by atoms with Crippen LogP contribution in [0.3, 0.4) is 0 Å². The Morgan fingerprint density at radius 3 is 2.33 bits per heavy atom. The van der Waals surface area contributed by atoms with E-state index in [1.807, 2.05) is 60.8 Å². The lowest BCUT2D eigenvalue weighted by Crippen LogP contribution is -2.47. The lowest BCUT2D eigenvalue weighted by atomic mass is 10.1. The summed E-state index contributed by atoms with van der Waals surface area (Å²) in [4.78, 5) is 40.4. The van der Waals surface area contributed by atoms with Crippen molar-refractivity contribution in [3.05, 3.63) is 71.9 Å². The summed E-state index contributed by atoms with van der Waals surface area (Å²) in [5, 5.41) is 3.78. The molecule has 0 aliphatic rings. The number of aromatic amines is 1. The van der Waals surface area contributed by atoms with Crippen molar-refractivity contribution in [2.45, 2.75) is 43.8 Å². The van der Waals surface area contributed by atoms with Gasteiger partial charge in [0.05, 0.1) is 18.1 Å². The van der Waals surface area contributed by atoms with Crippen LogP contribution < -0.4 is 28.3 Å². The number of aliphatic imine (C=N–C) groups is 1. The maximum Gasteiger partial charge on any atom is 0.237 e. The van der Waals surface area contributed by atoms with Gasteiger partial charge in [0.15, 0.2) is 5.96 Å². The highest BCUT2D eigenvalue weighted by Gasteiger charge is 2.18. The van der Waals surface area contributed by atoms with Gasteiger partial charge >= 0.3 is 0 Å². The zero-order valence-electron chi connectivity index (χ0n) is 20.2. The van der Waals surface area contributed by atoms with Gasteiger partial charge in [-0.2, -0.15) is 0 Å². The number of aldehydes is 2. The Kier molecular flexibility index (Phi) is 11.8. The predicted molar refractivity (Wildman–Crippen MR) is 142 cm³/mol. The minimum absolute atomic E-state index is 0.0107. The van der Waals surface area contributed by atoms with Gasteiger partial charge in [0.1, 0.15) is 12.6 Å². The fourth-order valence-electron chi connectivity index (χ4n) is 3.55. The van der Waals surface area contributed by atoms with Crippen LogP contribution in [0.5, 0.6) is 0 Å². The predicted octanol–water partition coefficient (Wildman–Crippen LogP) is 0.530. The number of hydrogen-bond donors (Lipinski definition) is 6.